The van der Waals surface area contributed by atoms with Gasteiger partial charge in [-0.25, -0.2) is 8.78 Å². The Kier molecular flexibility index (Phi) is 3.43. The maximum Gasteiger partial charge on any atom is 0.250 e. The first-order chi connectivity index (χ1) is 8.37. The monoisotopic (exact) mass is 254 g/mol. The minimum absolute atomic E-state index is 0.123. The molecule has 0 radical (unpaired) electrons. The lowest BCUT2D eigenvalue weighted by Crippen LogP contribution is -2.53. The van der Waals surface area contributed by atoms with E-state index in [-0.39, 0.29) is 19.4 Å². The zero-order valence-corrected chi connectivity index (χ0v) is 10.9. The first-order valence-corrected chi connectivity index (χ1v) is 6.19. The molecule has 1 aliphatic rings. The highest BCUT2D eigenvalue weighted by atomic mass is 19.3. The summed E-state index contributed by atoms with van der Waals surface area (Å²) in [6, 6.07) is 7.88. The number of hydrogen-bond donors (Lipinski definition) is 1. The van der Waals surface area contributed by atoms with Crippen molar-refractivity contribution in [2.24, 2.45) is 5.73 Å². The Morgan fingerprint density at radius 2 is 1.94 bits per heavy atom. The smallest absolute Gasteiger partial charge is 0.250 e. The Bertz CT molecular complexity index is 422. The molecule has 0 aliphatic heterocycles. The second-order valence-electron chi connectivity index (χ2n) is 5.63. The number of benzene rings is 1. The molecule has 100 valence electrons. The van der Waals surface area contributed by atoms with Crippen molar-refractivity contribution in [3.63, 3.8) is 0 Å². The molecule has 0 atom stereocenters. The van der Waals surface area contributed by atoms with Gasteiger partial charge in [0, 0.05) is 31.3 Å². The van der Waals surface area contributed by atoms with Crippen LogP contribution in [-0.2, 0) is 12.0 Å². The van der Waals surface area contributed by atoms with Gasteiger partial charge in [-0.1, -0.05) is 24.3 Å². The Labute approximate surface area is 107 Å². The van der Waals surface area contributed by atoms with Crippen molar-refractivity contribution < 1.29 is 8.78 Å². The second kappa shape index (κ2) is 4.59. The highest BCUT2D eigenvalue weighted by Gasteiger charge is 2.56. The van der Waals surface area contributed by atoms with E-state index in [2.05, 4.69) is 4.90 Å². The third kappa shape index (κ3) is 2.54. The van der Waals surface area contributed by atoms with Gasteiger partial charge in [-0.3, -0.25) is 0 Å². The van der Waals surface area contributed by atoms with E-state index in [1.165, 1.54) is 0 Å². The van der Waals surface area contributed by atoms with Crippen LogP contribution in [0.3, 0.4) is 0 Å². The molecule has 2 nitrogen and oxygen atoms in total. The Hall–Kier alpha value is -1.00. The third-order valence-corrected chi connectivity index (χ3v) is 3.62. The molecular weight excluding hydrogens is 234 g/mol. The van der Waals surface area contributed by atoms with E-state index in [1.54, 1.807) is 0 Å². The molecule has 1 aliphatic carbocycles. The number of nitrogens with two attached hydrogens (primary N) is 1. The molecule has 4 heteroatoms. The Morgan fingerprint density at radius 1 is 1.28 bits per heavy atom. The van der Waals surface area contributed by atoms with E-state index in [1.807, 2.05) is 38.4 Å². The highest BCUT2D eigenvalue weighted by molar-refractivity contribution is 5.34. The van der Waals surface area contributed by atoms with Gasteiger partial charge in [0.25, 0.3) is 0 Å². The van der Waals surface area contributed by atoms with Crippen LogP contribution in [0.2, 0.25) is 0 Å². The molecule has 0 amide bonds. The van der Waals surface area contributed by atoms with Crippen LogP contribution in [0.25, 0.3) is 0 Å². The maximum absolute atomic E-state index is 13.2. The SMILES string of the molecule is CN(C)Cc1cccc(C2(CN)CC(F)(F)C2)c1. The molecule has 1 fully saturated rings. The first-order valence-electron chi connectivity index (χ1n) is 6.19. The van der Waals surface area contributed by atoms with Crippen molar-refractivity contribution in [2.75, 3.05) is 20.6 Å². The minimum Gasteiger partial charge on any atom is -0.330 e. The predicted molar refractivity (Wildman–Crippen MR) is 68.7 cm³/mol. The van der Waals surface area contributed by atoms with Crippen molar-refractivity contribution in [2.45, 2.75) is 30.7 Å². The summed E-state index contributed by atoms with van der Waals surface area (Å²) in [5.41, 5.74) is 7.30. The fourth-order valence-electron chi connectivity index (χ4n) is 2.77. The molecule has 0 spiro atoms. The predicted octanol–water partition coefficient (Wildman–Crippen LogP) is 2.37. The van der Waals surface area contributed by atoms with E-state index in [4.69, 9.17) is 5.73 Å². The van der Waals surface area contributed by atoms with E-state index in [0.717, 1.165) is 17.7 Å². The number of rotatable bonds is 4. The minimum atomic E-state index is -2.54. The van der Waals surface area contributed by atoms with E-state index in [9.17, 15) is 8.78 Å². The van der Waals surface area contributed by atoms with Crippen LogP contribution >= 0.6 is 0 Å². The van der Waals surface area contributed by atoms with Gasteiger partial charge in [0.1, 0.15) is 0 Å². The third-order valence-electron chi connectivity index (χ3n) is 3.62. The molecule has 0 heterocycles. The van der Waals surface area contributed by atoms with Crippen molar-refractivity contribution in [1.82, 2.24) is 4.90 Å². The molecular formula is C14H20F2N2. The molecule has 1 saturated carbocycles. The van der Waals surface area contributed by atoms with Crippen LogP contribution in [-0.4, -0.2) is 31.5 Å². The lowest BCUT2D eigenvalue weighted by Gasteiger charge is -2.47. The summed E-state index contributed by atoms with van der Waals surface area (Å²) in [6.45, 7) is 1.10. The van der Waals surface area contributed by atoms with Gasteiger partial charge in [-0.05, 0) is 25.2 Å². The van der Waals surface area contributed by atoms with Crippen molar-refractivity contribution in [1.29, 1.82) is 0 Å². The number of hydrogen-bond acceptors (Lipinski definition) is 2. The fourth-order valence-corrected chi connectivity index (χ4v) is 2.77. The van der Waals surface area contributed by atoms with Crippen molar-refractivity contribution in [3.05, 3.63) is 35.4 Å². The van der Waals surface area contributed by atoms with E-state index in [0.29, 0.717) is 0 Å². The standard InChI is InChI=1S/C14H20F2N2/c1-18(2)7-11-4-3-5-12(6-11)13(10-17)8-14(15,16)9-13/h3-6H,7-10,17H2,1-2H3. The van der Waals surface area contributed by atoms with Crippen LogP contribution < -0.4 is 5.73 Å². The average Bonchev–Trinajstić information content (AvgIpc) is 2.24. The highest BCUT2D eigenvalue weighted by Crippen LogP contribution is 2.52. The zero-order valence-electron chi connectivity index (χ0n) is 10.9. The lowest BCUT2D eigenvalue weighted by molar-refractivity contribution is -0.123. The molecule has 0 bridgehead atoms. The summed E-state index contributed by atoms with van der Waals surface area (Å²) in [7, 11) is 3.98. The van der Waals surface area contributed by atoms with Crippen molar-refractivity contribution >= 4 is 0 Å². The summed E-state index contributed by atoms with van der Waals surface area (Å²) in [5.74, 6) is -2.54. The van der Waals surface area contributed by atoms with Crippen LogP contribution in [0.4, 0.5) is 8.78 Å². The molecule has 18 heavy (non-hydrogen) atoms. The topological polar surface area (TPSA) is 29.3 Å². The Balaban J connectivity index is 2.22. The van der Waals surface area contributed by atoms with E-state index < -0.39 is 11.3 Å². The quantitative estimate of drug-likeness (QED) is 0.894. The summed E-state index contributed by atoms with van der Waals surface area (Å²) < 4.78 is 26.3. The lowest BCUT2D eigenvalue weighted by atomic mass is 9.62. The van der Waals surface area contributed by atoms with Gasteiger partial charge < -0.3 is 10.6 Å². The largest absolute Gasteiger partial charge is 0.330 e. The normalized spacial score (nSPS) is 20.8. The van der Waals surface area contributed by atoms with Crippen LogP contribution in [0.15, 0.2) is 24.3 Å². The second-order valence-corrected chi connectivity index (χ2v) is 5.63. The van der Waals surface area contributed by atoms with E-state index >= 15 is 0 Å². The van der Waals surface area contributed by atoms with Gasteiger partial charge in [0.2, 0.25) is 5.92 Å². The summed E-state index contributed by atoms with van der Waals surface area (Å²) in [4.78, 5) is 2.06. The molecule has 0 saturated heterocycles. The molecule has 2 rings (SSSR count). The van der Waals surface area contributed by atoms with Gasteiger partial charge >= 0.3 is 0 Å². The van der Waals surface area contributed by atoms with Crippen LogP contribution in [0, 0.1) is 0 Å². The summed E-state index contributed by atoms with van der Waals surface area (Å²) >= 11 is 0. The maximum atomic E-state index is 13.2. The first kappa shape index (κ1) is 13.4. The summed E-state index contributed by atoms with van der Waals surface area (Å²) in [5, 5.41) is 0. The molecule has 1 aromatic carbocycles. The van der Waals surface area contributed by atoms with Crippen LogP contribution in [0.1, 0.15) is 24.0 Å². The van der Waals surface area contributed by atoms with Crippen molar-refractivity contribution in [3.8, 4) is 0 Å². The molecule has 2 N–H and O–H groups in total. The molecule has 0 unspecified atom stereocenters. The number of nitrogens with zero attached hydrogens (tertiary/aromatic N) is 1. The Morgan fingerprint density at radius 3 is 2.44 bits per heavy atom. The van der Waals surface area contributed by atoms with Gasteiger partial charge in [-0.15, -0.1) is 0 Å². The summed E-state index contributed by atoms with van der Waals surface area (Å²) in [6.07, 6.45) is -0.246. The molecule has 0 aromatic heterocycles. The number of alkyl halides is 2. The van der Waals surface area contributed by atoms with Gasteiger partial charge in [0.15, 0.2) is 0 Å². The van der Waals surface area contributed by atoms with Gasteiger partial charge in [0.05, 0.1) is 0 Å². The zero-order chi connectivity index (χ0) is 13.4. The number of halogens is 2. The van der Waals surface area contributed by atoms with Crippen LogP contribution in [0.5, 0.6) is 0 Å². The fraction of sp³-hybridized carbons (Fsp3) is 0.571. The van der Waals surface area contributed by atoms with Gasteiger partial charge in [-0.2, -0.15) is 0 Å². The molecule has 1 aromatic rings. The average molecular weight is 254 g/mol.